The molecule has 0 radical (unpaired) electrons. The number of allylic oxidation sites excluding steroid dienone is 24. The van der Waals surface area contributed by atoms with Gasteiger partial charge in [-0.25, -0.2) is 0 Å². The predicted molar refractivity (Wildman–Crippen MR) is 302 cm³/mol. The van der Waals surface area contributed by atoms with Gasteiger partial charge in [0.25, 0.3) is 0 Å². The van der Waals surface area contributed by atoms with E-state index in [1.165, 1.54) is 44.9 Å². The lowest BCUT2D eigenvalue weighted by Crippen LogP contribution is -2.30. The first-order valence-corrected chi connectivity index (χ1v) is 27.9. The average molecular weight is 965 g/mol. The van der Waals surface area contributed by atoms with Crippen LogP contribution in [0.3, 0.4) is 0 Å². The van der Waals surface area contributed by atoms with E-state index >= 15 is 0 Å². The maximum absolute atomic E-state index is 12.9. The number of ether oxygens (including phenoxy) is 3. The second-order valence-corrected chi connectivity index (χ2v) is 17.9. The van der Waals surface area contributed by atoms with Crippen LogP contribution in [0.15, 0.2) is 146 Å². The van der Waals surface area contributed by atoms with Crippen LogP contribution >= 0.6 is 0 Å². The monoisotopic (exact) mass is 965 g/mol. The Morgan fingerprint density at radius 3 is 1.06 bits per heavy atom. The molecule has 0 rings (SSSR count). The van der Waals surface area contributed by atoms with Crippen molar-refractivity contribution in [3.05, 3.63) is 146 Å². The number of carbonyl (C=O) groups excluding carboxylic acids is 3. The smallest absolute Gasteiger partial charge is 0.306 e. The summed E-state index contributed by atoms with van der Waals surface area (Å²) in [5.74, 6) is -0.997. The van der Waals surface area contributed by atoms with Crippen LogP contribution in [-0.4, -0.2) is 37.2 Å². The predicted octanol–water partition coefficient (Wildman–Crippen LogP) is 18.8. The largest absolute Gasteiger partial charge is 0.462 e. The summed E-state index contributed by atoms with van der Waals surface area (Å²) in [6.07, 6.45) is 81.1. The number of carbonyl (C=O) groups is 3. The van der Waals surface area contributed by atoms with Gasteiger partial charge < -0.3 is 14.2 Å². The van der Waals surface area contributed by atoms with Crippen LogP contribution in [0.25, 0.3) is 0 Å². The molecule has 0 N–H and O–H groups in total. The van der Waals surface area contributed by atoms with E-state index in [2.05, 4.69) is 118 Å². The second kappa shape index (κ2) is 56.9. The quantitative estimate of drug-likeness (QED) is 0.0199. The first-order valence-electron chi connectivity index (χ1n) is 27.9. The molecule has 0 aliphatic heterocycles. The molecule has 0 aliphatic carbocycles. The molecule has 6 heteroatoms. The third kappa shape index (κ3) is 54.2. The Morgan fingerprint density at radius 2 is 0.629 bits per heavy atom. The Balaban J connectivity index is 4.55. The summed E-state index contributed by atoms with van der Waals surface area (Å²) in [7, 11) is 0. The molecule has 0 aromatic rings. The summed E-state index contributed by atoms with van der Waals surface area (Å²) in [4.78, 5) is 38.1. The van der Waals surface area contributed by atoms with Crippen molar-refractivity contribution in [2.45, 2.75) is 226 Å². The van der Waals surface area contributed by atoms with Crippen molar-refractivity contribution < 1.29 is 28.6 Å². The maximum atomic E-state index is 12.9. The summed E-state index contributed by atoms with van der Waals surface area (Å²) in [5, 5.41) is 0. The molecule has 0 aromatic heterocycles. The van der Waals surface area contributed by atoms with Gasteiger partial charge in [0.1, 0.15) is 13.2 Å². The number of unbranched alkanes of at least 4 members (excludes halogenated alkanes) is 19. The van der Waals surface area contributed by atoms with E-state index in [1.807, 2.05) is 48.6 Å². The minimum atomic E-state index is -0.820. The average Bonchev–Trinajstić information content (AvgIpc) is 3.36. The van der Waals surface area contributed by atoms with Crippen molar-refractivity contribution in [3.8, 4) is 0 Å². The highest BCUT2D eigenvalue weighted by molar-refractivity contribution is 5.71. The molecule has 0 heterocycles. The number of hydrogen-bond donors (Lipinski definition) is 0. The van der Waals surface area contributed by atoms with E-state index in [9.17, 15) is 14.4 Å². The van der Waals surface area contributed by atoms with Crippen LogP contribution in [0, 0.1) is 0 Å². The molecule has 0 bridgehead atoms. The van der Waals surface area contributed by atoms with Crippen LogP contribution in [-0.2, 0) is 28.6 Å². The standard InChI is InChI=1S/C64H100O6/c1-4-7-10-13-16-19-22-25-28-30-32-34-36-39-42-45-48-51-54-57-63(66)69-60-61(59-68-62(65)56-53-50-47-44-41-38-35-27-24-21-18-15-12-9-6-3)70-64(67)58-55-52-49-46-43-40-37-33-31-29-26-23-20-17-14-11-8-5-2/h7,9-10,12,15-16,18-19,21,23-29,31-35,37-38,41,61H,4-6,8,11,13-14,17,20,22,30,36,39-40,42-60H2,1-3H3/b10-7-,12-9-,18-15-,19-16-,24-21-,26-23-,28-25-,31-29-,34-32-,35-27-,37-33-,41-38-. The van der Waals surface area contributed by atoms with Crippen LogP contribution in [0.4, 0.5) is 0 Å². The summed E-state index contributed by atoms with van der Waals surface area (Å²) in [5.41, 5.74) is 0. The molecule has 70 heavy (non-hydrogen) atoms. The van der Waals surface area contributed by atoms with Crippen LogP contribution in [0.1, 0.15) is 220 Å². The fourth-order valence-corrected chi connectivity index (χ4v) is 7.10. The third-order valence-electron chi connectivity index (χ3n) is 11.2. The Kier molecular flexibility index (Phi) is 53.0. The number of rotatable bonds is 48. The number of hydrogen-bond acceptors (Lipinski definition) is 6. The Bertz CT molecular complexity index is 1580. The Labute approximate surface area is 429 Å². The molecule has 0 spiro atoms. The van der Waals surface area contributed by atoms with Gasteiger partial charge in [0.2, 0.25) is 0 Å². The Hall–Kier alpha value is -4.71. The minimum absolute atomic E-state index is 0.114. The van der Waals surface area contributed by atoms with Gasteiger partial charge in [0.15, 0.2) is 6.10 Å². The third-order valence-corrected chi connectivity index (χ3v) is 11.2. The van der Waals surface area contributed by atoms with Crippen LogP contribution in [0.2, 0.25) is 0 Å². The summed E-state index contributed by atoms with van der Waals surface area (Å²) in [6, 6.07) is 0. The van der Waals surface area contributed by atoms with Gasteiger partial charge in [-0.15, -0.1) is 0 Å². The first-order chi connectivity index (χ1) is 34.5. The highest BCUT2D eigenvalue weighted by Crippen LogP contribution is 2.13. The molecule has 0 saturated heterocycles. The summed E-state index contributed by atoms with van der Waals surface area (Å²) >= 11 is 0. The van der Waals surface area contributed by atoms with Gasteiger partial charge in [-0.05, 0) is 103 Å². The zero-order valence-electron chi connectivity index (χ0n) is 44.7. The molecule has 6 nitrogen and oxygen atoms in total. The fourth-order valence-electron chi connectivity index (χ4n) is 7.10. The van der Waals surface area contributed by atoms with E-state index in [4.69, 9.17) is 14.2 Å². The highest BCUT2D eigenvalue weighted by atomic mass is 16.6. The van der Waals surface area contributed by atoms with Crippen molar-refractivity contribution >= 4 is 17.9 Å². The molecule has 0 amide bonds. The van der Waals surface area contributed by atoms with Crippen molar-refractivity contribution in [2.24, 2.45) is 0 Å². The zero-order valence-corrected chi connectivity index (χ0v) is 44.7. The van der Waals surface area contributed by atoms with Gasteiger partial charge in [0, 0.05) is 19.3 Å². The molecular weight excluding hydrogens is 865 g/mol. The van der Waals surface area contributed by atoms with Gasteiger partial charge in [-0.3, -0.25) is 14.4 Å². The zero-order chi connectivity index (χ0) is 50.7. The van der Waals surface area contributed by atoms with E-state index in [-0.39, 0.29) is 37.5 Å². The Morgan fingerprint density at radius 1 is 0.314 bits per heavy atom. The van der Waals surface area contributed by atoms with Crippen LogP contribution < -0.4 is 0 Å². The summed E-state index contributed by atoms with van der Waals surface area (Å²) < 4.78 is 16.8. The van der Waals surface area contributed by atoms with Crippen molar-refractivity contribution in [2.75, 3.05) is 13.2 Å². The minimum Gasteiger partial charge on any atom is -0.462 e. The normalized spacial score (nSPS) is 13.2. The molecule has 1 atom stereocenters. The second-order valence-electron chi connectivity index (χ2n) is 17.9. The molecule has 0 aliphatic rings. The van der Waals surface area contributed by atoms with E-state index in [0.717, 1.165) is 135 Å². The van der Waals surface area contributed by atoms with Crippen LogP contribution in [0.5, 0.6) is 0 Å². The topological polar surface area (TPSA) is 78.9 Å². The van der Waals surface area contributed by atoms with Gasteiger partial charge in [-0.1, -0.05) is 244 Å². The van der Waals surface area contributed by atoms with E-state index in [1.54, 1.807) is 0 Å². The van der Waals surface area contributed by atoms with Crippen molar-refractivity contribution in [3.63, 3.8) is 0 Å². The molecule has 1 unspecified atom stereocenters. The van der Waals surface area contributed by atoms with Gasteiger partial charge >= 0.3 is 17.9 Å². The number of esters is 3. The molecule has 0 saturated carbocycles. The summed E-state index contributed by atoms with van der Waals surface area (Å²) in [6.45, 7) is 6.29. The SMILES string of the molecule is CC\C=C/C=C\C=C/C=C\C=C/CCCCCC(=O)OCC(COC(=O)CCCCCCCC/C=C\C/C=C\C/C=C\C/C=C\CC)OC(=O)CCCCCCC\C=C/C=C\C=C/CCCCCCC. The lowest BCUT2D eigenvalue weighted by molar-refractivity contribution is -0.167. The molecule has 0 fully saturated rings. The first kappa shape index (κ1) is 65.3. The van der Waals surface area contributed by atoms with E-state index in [0.29, 0.717) is 12.8 Å². The molecule has 392 valence electrons. The van der Waals surface area contributed by atoms with Gasteiger partial charge in [-0.2, -0.15) is 0 Å². The van der Waals surface area contributed by atoms with Gasteiger partial charge in [0.05, 0.1) is 0 Å². The highest BCUT2D eigenvalue weighted by Gasteiger charge is 2.19. The molecular formula is C64H100O6. The lowest BCUT2D eigenvalue weighted by atomic mass is 10.1. The maximum Gasteiger partial charge on any atom is 0.306 e. The fraction of sp³-hybridized carbons (Fsp3) is 0.578. The molecule has 0 aromatic carbocycles. The lowest BCUT2D eigenvalue weighted by Gasteiger charge is -2.18. The van der Waals surface area contributed by atoms with Crippen molar-refractivity contribution in [1.82, 2.24) is 0 Å². The van der Waals surface area contributed by atoms with Crippen molar-refractivity contribution in [1.29, 1.82) is 0 Å². The van der Waals surface area contributed by atoms with E-state index < -0.39 is 6.10 Å².